The Hall–Kier alpha value is 0.430. The molecule has 2 atom stereocenters. The average Bonchev–Trinajstić information content (AvgIpc) is 2.42. The van der Waals surface area contributed by atoms with Gasteiger partial charge in [-0.1, -0.05) is 85.0 Å². The van der Waals surface area contributed by atoms with E-state index < -0.39 is 0 Å². The summed E-state index contributed by atoms with van der Waals surface area (Å²) in [5, 5.41) is 0. The summed E-state index contributed by atoms with van der Waals surface area (Å²) < 4.78 is 0. The summed E-state index contributed by atoms with van der Waals surface area (Å²) in [7, 11) is 1.25. The fraction of sp³-hybridized carbons (Fsp3) is 1.00. The molecule has 0 fully saturated rings. The summed E-state index contributed by atoms with van der Waals surface area (Å²) in [6.07, 6.45) is 20.5. The van der Waals surface area contributed by atoms with Crippen LogP contribution in [0.5, 0.6) is 0 Å². The fourth-order valence-corrected chi connectivity index (χ4v) is 4.17. The molecule has 0 rings (SSSR count). The highest BCUT2D eigenvalue weighted by molar-refractivity contribution is 7.37. The predicted octanol–water partition coefficient (Wildman–Crippen LogP) is 7.02. The molecule has 0 heterocycles. The lowest BCUT2D eigenvalue weighted by atomic mass is 9.94. The SMILES string of the molecule is CCCCCCCPCCC(CCC)CCCCC. The molecule has 0 saturated heterocycles. The van der Waals surface area contributed by atoms with Crippen molar-refractivity contribution in [1.29, 1.82) is 0 Å². The van der Waals surface area contributed by atoms with E-state index in [9.17, 15) is 0 Å². The van der Waals surface area contributed by atoms with Crippen molar-refractivity contribution in [3.05, 3.63) is 0 Å². The van der Waals surface area contributed by atoms with Gasteiger partial charge in [0.1, 0.15) is 0 Å². The van der Waals surface area contributed by atoms with E-state index in [0.29, 0.717) is 0 Å². The van der Waals surface area contributed by atoms with Crippen LogP contribution in [0, 0.1) is 5.92 Å². The quantitative estimate of drug-likeness (QED) is 0.224. The van der Waals surface area contributed by atoms with E-state index in [1.807, 2.05) is 0 Å². The van der Waals surface area contributed by atoms with Crippen molar-refractivity contribution in [2.45, 2.75) is 97.8 Å². The van der Waals surface area contributed by atoms with Gasteiger partial charge in [-0.3, -0.25) is 0 Å². The fourth-order valence-electron chi connectivity index (χ4n) is 2.81. The van der Waals surface area contributed by atoms with E-state index in [0.717, 1.165) is 5.92 Å². The summed E-state index contributed by atoms with van der Waals surface area (Å²) in [6.45, 7) is 6.96. The number of hydrogen-bond acceptors (Lipinski definition) is 0. The molecule has 0 amide bonds. The van der Waals surface area contributed by atoms with E-state index >= 15 is 0 Å². The second kappa shape index (κ2) is 16.5. The molecular formula is C18H39P. The van der Waals surface area contributed by atoms with E-state index in [2.05, 4.69) is 20.8 Å². The van der Waals surface area contributed by atoms with Gasteiger partial charge < -0.3 is 0 Å². The van der Waals surface area contributed by atoms with Gasteiger partial charge >= 0.3 is 0 Å². The van der Waals surface area contributed by atoms with Crippen LogP contribution in [0.1, 0.15) is 97.8 Å². The van der Waals surface area contributed by atoms with Gasteiger partial charge in [0.15, 0.2) is 0 Å². The molecule has 0 bridgehead atoms. The zero-order chi connectivity index (χ0) is 14.2. The summed E-state index contributed by atoms with van der Waals surface area (Å²) >= 11 is 0. The Kier molecular flexibility index (Phi) is 16.9. The maximum absolute atomic E-state index is 2.35. The third kappa shape index (κ3) is 14.6. The van der Waals surface area contributed by atoms with Gasteiger partial charge in [-0.25, -0.2) is 0 Å². The van der Waals surface area contributed by atoms with Crippen molar-refractivity contribution in [1.82, 2.24) is 0 Å². The third-order valence-electron chi connectivity index (χ3n) is 4.10. The first-order valence-corrected chi connectivity index (χ1v) is 10.5. The smallest absolute Gasteiger partial charge is 0.0351 e. The molecule has 0 spiro atoms. The molecule has 0 aliphatic rings. The number of rotatable bonds is 15. The zero-order valence-corrected chi connectivity index (χ0v) is 15.0. The second-order valence-corrected chi connectivity index (χ2v) is 7.60. The molecule has 0 saturated carbocycles. The number of unbranched alkanes of at least 4 members (excludes halogenated alkanes) is 6. The van der Waals surface area contributed by atoms with Crippen LogP contribution in [0.15, 0.2) is 0 Å². The van der Waals surface area contributed by atoms with Gasteiger partial charge in [0.05, 0.1) is 0 Å². The lowest BCUT2D eigenvalue weighted by molar-refractivity contribution is 0.415. The highest BCUT2D eigenvalue weighted by atomic mass is 31.1. The van der Waals surface area contributed by atoms with Gasteiger partial charge in [0.25, 0.3) is 0 Å². The lowest BCUT2D eigenvalue weighted by Gasteiger charge is -2.15. The first-order valence-electron chi connectivity index (χ1n) is 9.05. The van der Waals surface area contributed by atoms with Crippen LogP contribution in [-0.4, -0.2) is 12.3 Å². The molecule has 0 aromatic rings. The van der Waals surface area contributed by atoms with Crippen molar-refractivity contribution in [2.24, 2.45) is 5.92 Å². The van der Waals surface area contributed by atoms with Crippen molar-refractivity contribution < 1.29 is 0 Å². The van der Waals surface area contributed by atoms with E-state index in [1.165, 1.54) is 98.0 Å². The molecule has 0 aromatic carbocycles. The molecule has 0 aliphatic carbocycles. The molecule has 0 aliphatic heterocycles. The normalized spacial score (nSPS) is 13.4. The summed E-state index contributed by atoms with van der Waals surface area (Å²) in [5.74, 6) is 1.05. The topological polar surface area (TPSA) is 0 Å². The molecule has 19 heavy (non-hydrogen) atoms. The third-order valence-corrected chi connectivity index (χ3v) is 5.45. The summed E-state index contributed by atoms with van der Waals surface area (Å²) in [6, 6.07) is 0. The molecule has 116 valence electrons. The van der Waals surface area contributed by atoms with Crippen molar-refractivity contribution in [2.75, 3.05) is 12.3 Å². The summed E-state index contributed by atoms with van der Waals surface area (Å²) in [4.78, 5) is 0. The minimum absolute atomic E-state index is 1.05. The Morgan fingerprint density at radius 2 is 1.26 bits per heavy atom. The molecule has 0 nitrogen and oxygen atoms in total. The molecule has 0 N–H and O–H groups in total. The van der Waals surface area contributed by atoms with Crippen LogP contribution in [0.2, 0.25) is 0 Å². The summed E-state index contributed by atoms with van der Waals surface area (Å²) in [5.41, 5.74) is 0. The standard InChI is InChI=1S/C18H39P/c1-4-7-9-10-12-16-19-17-15-18(13-6-3)14-11-8-5-2/h18-19H,4-17H2,1-3H3. The largest absolute Gasteiger partial charge is 0.122 e. The van der Waals surface area contributed by atoms with Crippen molar-refractivity contribution in [3.63, 3.8) is 0 Å². The molecule has 0 radical (unpaired) electrons. The predicted molar refractivity (Wildman–Crippen MR) is 94.0 cm³/mol. The van der Waals surface area contributed by atoms with Crippen LogP contribution in [-0.2, 0) is 0 Å². The molecular weight excluding hydrogens is 247 g/mol. The monoisotopic (exact) mass is 286 g/mol. The first kappa shape index (κ1) is 19.4. The van der Waals surface area contributed by atoms with Gasteiger partial charge in [-0.05, 0) is 31.1 Å². The highest BCUT2D eigenvalue weighted by Gasteiger charge is 2.06. The zero-order valence-electron chi connectivity index (χ0n) is 14.0. The van der Waals surface area contributed by atoms with Crippen molar-refractivity contribution in [3.8, 4) is 0 Å². The number of hydrogen-bond donors (Lipinski definition) is 0. The first-order chi connectivity index (χ1) is 9.35. The van der Waals surface area contributed by atoms with E-state index in [-0.39, 0.29) is 0 Å². The molecule has 1 heteroatoms. The van der Waals surface area contributed by atoms with Gasteiger partial charge in [0, 0.05) is 0 Å². The average molecular weight is 286 g/mol. The Balaban J connectivity index is 3.36. The molecule has 2 unspecified atom stereocenters. The maximum atomic E-state index is 2.35. The maximum Gasteiger partial charge on any atom is -0.0351 e. The highest BCUT2D eigenvalue weighted by Crippen LogP contribution is 2.24. The van der Waals surface area contributed by atoms with Crippen LogP contribution < -0.4 is 0 Å². The van der Waals surface area contributed by atoms with Crippen LogP contribution in [0.25, 0.3) is 0 Å². The van der Waals surface area contributed by atoms with Gasteiger partial charge in [-0.15, -0.1) is 8.58 Å². The van der Waals surface area contributed by atoms with Crippen molar-refractivity contribution >= 4 is 8.58 Å². The van der Waals surface area contributed by atoms with Crippen LogP contribution >= 0.6 is 8.58 Å². The van der Waals surface area contributed by atoms with E-state index in [4.69, 9.17) is 0 Å². The van der Waals surface area contributed by atoms with Crippen LogP contribution in [0.3, 0.4) is 0 Å². The Labute approximate surface area is 125 Å². The lowest BCUT2D eigenvalue weighted by Crippen LogP contribution is -2.02. The van der Waals surface area contributed by atoms with E-state index in [1.54, 1.807) is 0 Å². The van der Waals surface area contributed by atoms with Gasteiger partial charge in [0.2, 0.25) is 0 Å². The minimum atomic E-state index is 1.05. The second-order valence-electron chi connectivity index (χ2n) is 6.10. The Morgan fingerprint density at radius 1 is 0.579 bits per heavy atom. The molecule has 0 aromatic heterocycles. The Morgan fingerprint density at radius 3 is 1.95 bits per heavy atom. The van der Waals surface area contributed by atoms with Crippen LogP contribution in [0.4, 0.5) is 0 Å². The Bertz CT molecular complexity index is 156. The minimum Gasteiger partial charge on any atom is -0.122 e. The van der Waals surface area contributed by atoms with Gasteiger partial charge in [-0.2, -0.15) is 0 Å².